The average Bonchev–Trinajstić information content (AvgIpc) is 2.38. The van der Waals surface area contributed by atoms with E-state index in [9.17, 15) is 13.9 Å². The van der Waals surface area contributed by atoms with E-state index in [-0.39, 0.29) is 16.9 Å². The molecule has 0 saturated heterocycles. The van der Waals surface area contributed by atoms with Gasteiger partial charge in [-0.2, -0.15) is 0 Å². The molecule has 1 heterocycles. The van der Waals surface area contributed by atoms with Crippen LogP contribution in [-0.2, 0) is 0 Å². The molecule has 0 fully saturated rings. The number of halogens is 2. The van der Waals surface area contributed by atoms with Crippen LogP contribution in [0.3, 0.4) is 0 Å². The van der Waals surface area contributed by atoms with Gasteiger partial charge in [0.25, 0.3) is 0 Å². The highest BCUT2D eigenvalue weighted by molar-refractivity contribution is 5.41. The predicted octanol–water partition coefficient (Wildman–Crippen LogP) is 2.45. The van der Waals surface area contributed by atoms with Crippen molar-refractivity contribution in [1.82, 2.24) is 4.98 Å². The van der Waals surface area contributed by atoms with Crippen molar-refractivity contribution in [2.75, 3.05) is 7.11 Å². The number of rotatable bonds is 3. The van der Waals surface area contributed by atoms with Crippen molar-refractivity contribution in [1.29, 1.82) is 0 Å². The number of hydrogen-bond donors (Lipinski definition) is 1. The zero-order chi connectivity index (χ0) is 13.1. The number of benzene rings is 1. The third-order valence-corrected chi connectivity index (χ3v) is 2.60. The van der Waals surface area contributed by atoms with Crippen LogP contribution in [0, 0.1) is 11.6 Å². The molecule has 0 aliphatic heterocycles. The Morgan fingerprint density at radius 2 is 2.00 bits per heavy atom. The first kappa shape index (κ1) is 12.4. The molecule has 0 aliphatic carbocycles. The number of aromatic nitrogens is 1. The van der Waals surface area contributed by atoms with E-state index in [1.165, 1.54) is 37.6 Å². The van der Waals surface area contributed by atoms with E-state index in [0.717, 1.165) is 6.20 Å². The van der Waals surface area contributed by atoms with Crippen molar-refractivity contribution in [2.24, 2.45) is 0 Å². The zero-order valence-electron chi connectivity index (χ0n) is 9.60. The van der Waals surface area contributed by atoms with Gasteiger partial charge >= 0.3 is 0 Å². The Morgan fingerprint density at radius 1 is 1.22 bits per heavy atom. The van der Waals surface area contributed by atoms with Gasteiger partial charge in [0.1, 0.15) is 23.5 Å². The number of hydrogen-bond acceptors (Lipinski definition) is 3. The van der Waals surface area contributed by atoms with Crippen LogP contribution in [0.2, 0.25) is 0 Å². The molecule has 2 rings (SSSR count). The highest BCUT2D eigenvalue weighted by Crippen LogP contribution is 2.32. The molecule has 1 atom stereocenters. The Kier molecular flexibility index (Phi) is 3.53. The Morgan fingerprint density at radius 3 is 2.67 bits per heavy atom. The largest absolute Gasteiger partial charge is 0.496 e. The predicted molar refractivity (Wildman–Crippen MR) is 61.2 cm³/mol. The minimum Gasteiger partial charge on any atom is -0.496 e. The van der Waals surface area contributed by atoms with Crippen LogP contribution in [0.4, 0.5) is 8.78 Å². The lowest BCUT2D eigenvalue weighted by atomic mass is 10.0. The molecule has 1 aromatic heterocycles. The lowest BCUT2D eigenvalue weighted by Crippen LogP contribution is -2.07. The zero-order valence-corrected chi connectivity index (χ0v) is 9.60. The van der Waals surface area contributed by atoms with Crippen LogP contribution in [0.1, 0.15) is 17.2 Å². The minimum absolute atomic E-state index is 0.0478. The molecular weight excluding hydrogens is 240 g/mol. The first-order valence-corrected chi connectivity index (χ1v) is 5.25. The fourth-order valence-electron chi connectivity index (χ4n) is 1.72. The Balaban J connectivity index is 2.52. The summed E-state index contributed by atoms with van der Waals surface area (Å²) in [7, 11) is 1.36. The molecule has 0 bridgehead atoms. The number of aliphatic hydroxyl groups excluding tert-OH is 1. The van der Waals surface area contributed by atoms with E-state index in [4.69, 9.17) is 4.74 Å². The van der Waals surface area contributed by atoms with Gasteiger partial charge in [-0.25, -0.2) is 8.78 Å². The standard InChI is InChI=1S/C13H11F2NO2/c1-18-11-4-2-3-9(14)12(11)13(17)8-5-6-16-7-10(8)15/h2-7,13,17H,1H3. The van der Waals surface area contributed by atoms with Gasteiger partial charge in [-0.3, -0.25) is 4.98 Å². The fraction of sp³-hybridized carbons (Fsp3) is 0.154. The second-order valence-electron chi connectivity index (χ2n) is 3.66. The van der Waals surface area contributed by atoms with Crippen molar-refractivity contribution in [3.05, 3.63) is 59.4 Å². The molecule has 1 N–H and O–H groups in total. The summed E-state index contributed by atoms with van der Waals surface area (Å²) < 4.78 is 32.2. The molecule has 0 spiro atoms. The van der Waals surface area contributed by atoms with Crippen molar-refractivity contribution in [3.8, 4) is 5.75 Å². The third kappa shape index (κ3) is 2.17. The summed E-state index contributed by atoms with van der Waals surface area (Å²) in [5.41, 5.74) is -0.140. The molecule has 0 radical (unpaired) electrons. The van der Waals surface area contributed by atoms with Crippen LogP contribution in [0.15, 0.2) is 36.7 Å². The van der Waals surface area contributed by atoms with Gasteiger partial charge in [-0.05, 0) is 18.2 Å². The molecule has 0 amide bonds. The van der Waals surface area contributed by atoms with Crippen LogP contribution in [-0.4, -0.2) is 17.2 Å². The number of methoxy groups -OCH3 is 1. The molecule has 3 nitrogen and oxygen atoms in total. The summed E-state index contributed by atoms with van der Waals surface area (Å²) in [6.45, 7) is 0. The van der Waals surface area contributed by atoms with Gasteiger partial charge < -0.3 is 9.84 Å². The molecule has 0 saturated carbocycles. The summed E-state index contributed by atoms with van der Waals surface area (Å²) in [4.78, 5) is 3.57. The Labute approximate surface area is 103 Å². The maximum atomic E-state index is 13.7. The molecule has 5 heteroatoms. The summed E-state index contributed by atoms with van der Waals surface area (Å²) in [6, 6.07) is 5.43. The quantitative estimate of drug-likeness (QED) is 0.911. The Bertz CT molecular complexity index is 560. The second-order valence-corrected chi connectivity index (χ2v) is 3.66. The van der Waals surface area contributed by atoms with Gasteiger partial charge in [0, 0.05) is 11.8 Å². The van der Waals surface area contributed by atoms with Crippen molar-refractivity contribution in [3.63, 3.8) is 0 Å². The van der Waals surface area contributed by atoms with Crippen LogP contribution < -0.4 is 4.74 Å². The van der Waals surface area contributed by atoms with E-state index in [1.807, 2.05) is 0 Å². The van der Waals surface area contributed by atoms with E-state index in [1.54, 1.807) is 0 Å². The topological polar surface area (TPSA) is 42.4 Å². The highest BCUT2D eigenvalue weighted by atomic mass is 19.1. The first-order chi connectivity index (χ1) is 8.65. The van der Waals surface area contributed by atoms with E-state index in [2.05, 4.69) is 4.98 Å². The van der Waals surface area contributed by atoms with Gasteiger partial charge in [-0.1, -0.05) is 6.07 Å². The third-order valence-electron chi connectivity index (χ3n) is 2.60. The molecule has 2 aromatic rings. The lowest BCUT2D eigenvalue weighted by Gasteiger charge is -2.16. The molecule has 94 valence electrons. The molecule has 18 heavy (non-hydrogen) atoms. The summed E-state index contributed by atoms with van der Waals surface area (Å²) in [5, 5.41) is 10.1. The fourth-order valence-corrected chi connectivity index (χ4v) is 1.72. The molecule has 1 aromatic carbocycles. The summed E-state index contributed by atoms with van der Waals surface area (Å²) in [5.74, 6) is -1.19. The van der Waals surface area contributed by atoms with Gasteiger partial charge in [0.15, 0.2) is 0 Å². The highest BCUT2D eigenvalue weighted by Gasteiger charge is 2.22. The number of aliphatic hydroxyl groups is 1. The average molecular weight is 251 g/mol. The minimum atomic E-state index is -1.44. The van der Waals surface area contributed by atoms with Crippen molar-refractivity contribution >= 4 is 0 Å². The smallest absolute Gasteiger partial charge is 0.147 e. The van der Waals surface area contributed by atoms with Gasteiger partial charge in [-0.15, -0.1) is 0 Å². The first-order valence-electron chi connectivity index (χ1n) is 5.25. The normalized spacial score (nSPS) is 12.2. The molecule has 0 aliphatic rings. The SMILES string of the molecule is COc1cccc(F)c1C(O)c1ccncc1F. The monoisotopic (exact) mass is 251 g/mol. The van der Waals surface area contributed by atoms with E-state index < -0.39 is 17.7 Å². The van der Waals surface area contributed by atoms with E-state index >= 15 is 0 Å². The second kappa shape index (κ2) is 5.10. The molecule has 1 unspecified atom stereocenters. The van der Waals surface area contributed by atoms with Gasteiger partial charge in [0.05, 0.1) is 18.9 Å². The Hall–Kier alpha value is -2.01. The van der Waals surface area contributed by atoms with Crippen molar-refractivity contribution < 1.29 is 18.6 Å². The molecular formula is C13H11F2NO2. The van der Waals surface area contributed by atoms with Crippen LogP contribution in [0.5, 0.6) is 5.75 Å². The summed E-state index contributed by atoms with van der Waals surface area (Å²) >= 11 is 0. The van der Waals surface area contributed by atoms with Gasteiger partial charge in [0.2, 0.25) is 0 Å². The maximum Gasteiger partial charge on any atom is 0.147 e. The number of pyridine rings is 1. The number of nitrogens with zero attached hydrogens (tertiary/aromatic N) is 1. The van der Waals surface area contributed by atoms with Crippen molar-refractivity contribution in [2.45, 2.75) is 6.10 Å². The van der Waals surface area contributed by atoms with Crippen LogP contribution >= 0.6 is 0 Å². The maximum absolute atomic E-state index is 13.7. The van der Waals surface area contributed by atoms with Crippen LogP contribution in [0.25, 0.3) is 0 Å². The number of ether oxygens (including phenoxy) is 1. The summed E-state index contributed by atoms with van der Waals surface area (Å²) in [6.07, 6.45) is 0.852. The van der Waals surface area contributed by atoms with E-state index in [0.29, 0.717) is 0 Å². The lowest BCUT2D eigenvalue weighted by molar-refractivity contribution is 0.203.